The molecule has 5 amide bonds. The molecule has 3 rings (SSSR count). The van der Waals surface area contributed by atoms with Crippen molar-refractivity contribution in [2.24, 2.45) is 0 Å². The molecular weight excluding hydrogens is 405 g/mol. The zero-order valence-corrected chi connectivity index (χ0v) is 17.7. The van der Waals surface area contributed by atoms with Crippen LogP contribution >= 0.6 is 0 Å². The summed E-state index contributed by atoms with van der Waals surface area (Å²) in [6, 6.07) is 3.14. The second-order valence-corrected chi connectivity index (χ2v) is 8.07. The lowest BCUT2D eigenvalue weighted by atomic mass is 10.0. The van der Waals surface area contributed by atoms with Gasteiger partial charge in [0, 0.05) is 31.2 Å². The van der Waals surface area contributed by atoms with Crippen LogP contribution in [0.2, 0.25) is 0 Å². The Labute approximate surface area is 180 Å². The van der Waals surface area contributed by atoms with Crippen molar-refractivity contribution in [1.82, 2.24) is 25.8 Å². The molecule has 2 heterocycles. The van der Waals surface area contributed by atoms with Crippen molar-refractivity contribution in [3.05, 3.63) is 35.6 Å². The lowest BCUT2D eigenvalue weighted by Gasteiger charge is -2.41. The Bertz CT molecular complexity index is 862. The standard InChI is InChI=1S/C21H28FN5O4/c1-13(2)24-21(31)27-10-9-26(20(30)14-5-3-6-15(22)11-14)12-17(27)19(29)25-16-7-4-8-23-18(16)28/h3,5-6,11,13,16-17H,4,7-10,12H2,1-2H3,(H,23,28)(H,24,31)(H,25,29)/t16-,17-/m0/s1. The number of carbonyl (C=O) groups excluding carboxylic acids is 4. The highest BCUT2D eigenvalue weighted by molar-refractivity contribution is 5.96. The number of piperazine rings is 1. The number of nitrogens with zero attached hydrogens (tertiary/aromatic N) is 2. The van der Waals surface area contributed by atoms with Gasteiger partial charge in [0.25, 0.3) is 5.91 Å². The molecule has 1 aromatic carbocycles. The van der Waals surface area contributed by atoms with Gasteiger partial charge in [0.15, 0.2) is 0 Å². The van der Waals surface area contributed by atoms with Gasteiger partial charge < -0.3 is 25.8 Å². The molecule has 31 heavy (non-hydrogen) atoms. The maximum absolute atomic E-state index is 13.6. The van der Waals surface area contributed by atoms with Gasteiger partial charge in [0.05, 0.1) is 6.54 Å². The number of urea groups is 1. The molecule has 0 aliphatic carbocycles. The molecule has 0 aromatic heterocycles. The average Bonchev–Trinajstić information content (AvgIpc) is 2.74. The number of hydrogen-bond donors (Lipinski definition) is 3. The first-order valence-corrected chi connectivity index (χ1v) is 10.5. The van der Waals surface area contributed by atoms with Gasteiger partial charge in [-0.25, -0.2) is 9.18 Å². The SMILES string of the molecule is CC(C)NC(=O)N1CCN(C(=O)c2cccc(F)c2)C[C@H]1C(=O)N[C@H]1CCCNC1=O. The predicted octanol–water partition coefficient (Wildman–Crippen LogP) is 0.465. The van der Waals surface area contributed by atoms with Crippen molar-refractivity contribution in [3.63, 3.8) is 0 Å². The zero-order valence-electron chi connectivity index (χ0n) is 17.7. The highest BCUT2D eigenvalue weighted by Gasteiger charge is 2.39. The molecule has 0 saturated carbocycles. The number of amides is 5. The van der Waals surface area contributed by atoms with Crippen LogP contribution in [0.15, 0.2) is 24.3 Å². The maximum atomic E-state index is 13.6. The largest absolute Gasteiger partial charge is 0.354 e. The van der Waals surface area contributed by atoms with Crippen LogP contribution in [0.5, 0.6) is 0 Å². The minimum absolute atomic E-state index is 0.0545. The van der Waals surface area contributed by atoms with Crippen LogP contribution in [0.4, 0.5) is 9.18 Å². The number of carbonyl (C=O) groups is 4. The van der Waals surface area contributed by atoms with Crippen LogP contribution in [0.3, 0.4) is 0 Å². The smallest absolute Gasteiger partial charge is 0.318 e. The number of hydrogen-bond acceptors (Lipinski definition) is 4. The van der Waals surface area contributed by atoms with Crippen LogP contribution in [-0.4, -0.2) is 77.9 Å². The summed E-state index contributed by atoms with van der Waals surface area (Å²) in [4.78, 5) is 53.4. The lowest BCUT2D eigenvalue weighted by molar-refractivity contribution is -0.133. The van der Waals surface area contributed by atoms with Crippen LogP contribution in [0.25, 0.3) is 0 Å². The molecular formula is C21H28FN5O4. The van der Waals surface area contributed by atoms with Gasteiger partial charge in [-0.15, -0.1) is 0 Å². The van der Waals surface area contributed by atoms with Gasteiger partial charge in [0.2, 0.25) is 11.8 Å². The van der Waals surface area contributed by atoms with Gasteiger partial charge in [0.1, 0.15) is 17.9 Å². The molecule has 0 bridgehead atoms. The summed E-state index contributed by atoms with van der Waals surface area (Å²) in [5.74, 6) is -1.71. The van der Waals surface area contributed by atoms with E-state index in [2.05, 4.69) is 16.0 Å². The van der Waals surface area contributed by atoms with Crippen LogP contribution in [0, 0.1) is 5.82 Å². The molecule has 9 nitrogen and oxygen atoms in total. The topological polar surface area (TPSA) is 111 Å². The van der Waals surface area contributed by atoms with Crippen molar-refractivity contribution in [2.75, 3.05) is 26.2 Å². The van der Waals surface area contributed by atoms with Crippen LogP contribution < -0.4 is 16.0 Å². The van der Waals surface area contributed by atoms with E-state index in [1.165, 1.54) is 28.0 Å². The van der Waals surface area contributed by atoms with E-state index < -0.39 is 35.7 Å². The quantitative estimate of drug-likeness (QED) is 0.641. The average molecular weight is 433 g/mol. The Morgan fingerprint density at radius 3 is 2.68 bits per heavy atom. The highest BCUT2D eigenvalue weighted by Crippen LogP contribution is 2.16. The summed E-state index contributed by atoms with van der Waals surface area (Å²) < 4.78 is 13.6. The molecule has 2 aliphatic rings. The van der Waals surface area contributed by atoms with Crippen molar-refractivity contribution in [3.8, 4) is 0 Å². The summed E-state index contributed by atoms with van der Waals surface area (Å²) in [6.07, 6.45) is 1.25. The Kier molecular flexibility index (Phi) is 7.09. The lowest BCUT2D eigenvalue weighted by Crippen LogP contribution is -2.65. The van der Waals surface area contributed by atoms with E-state index in [4.69, 9.17) is 0 Å². The minimum atomic E-state index is -0.972. The first kappa shape index (κ1) is 22.5. The fourth-order valence-corrected chi connectivity index (χ4v) is 3.75. The van der Waals surface area contributed by atoms with Crippen molar-refractivity contribution in [1.29, 1.82) is 0 Å². The fourth-order valence-electron chi connectivity index (χ4n) is 3.75. The monoisotopic (exact) mass is 433 g/mol. The van der Waals surface area contributed by atoms with E-state index in [1.807, 2.05) is 13.8 Å². The summed E-state index contributed by atoms with van der Waals surface area (Å²) >= 11 is 0. The predicted molar refractivity (Wildman–Crippen MR) is 111 cm³/mol. The summed E-state index contributed by atoms with van der Waals surface area (Å²) in [5, 5.41) is 8.19. The van der Waals surface area contributed by atoms with Gasteiger partial charge >= 0.3 is 6.03 Å². The van der Waals surface area contributed by atoms with Crippen molar-refractivity contribution in [2.45, 2.75) is 44.8 Å². The van der Waals surface area contributed by atoms with Gasteiger partial charge in [-0.3, -0.25) is 14.4 Å². The summed E-state index contributed by atoms with van der Waals surface area (Å²) in [7, 11) is 0. The summed E-state index contributed by atoms with van der Waals surface area (Å²) in [5.41, 5.74) is 0.172. The molecule has 168 valence electrons. The third-order valence-electron chi connectivity index (χ3n) is 5.32. The molecule has 1 aromatic rings. The fraction of sp³-hybridized carbons (Fsp3) is 0.524. The number of piperidine rings is 1. The Morgan fingerprint density at radius 2 is 2.00 bits per heavy atom. The highest BCUT2D eigenvalue weighted by atomic mass is 19.1. The molecule has 2 fully saturated rings. The maximum Gasteiger partial charge on any atom is 0.318 e. The second-order valence-electron chi connectivity index (χ2n) is 8.07. The Hall–Kier alpha value is -3.17. The third kappa shape index (κ3) is 5.50. The zero-order chi connectivity index (χ0) is 22.5. The van der Waals surface area contributed by atoms with Gasteiger partial charge in [-0.05, 0) is 44.9 Å². The van der Waals surface area contributed by atoms with Gasteiger partial charge in [-0.2, -0.15) is 0 Å². The molecule has 2 atom stereocenters. The van der Waals surface area contributed by atoms with E-state index in [-0.39, 0.29) is 37.1 Å². The molecule has 10 heteroatoms. The van der Waals surface area contributed by atoms with Crippen molar-refractivity contribution < 1.29 is 23.6 Å². The normalized spacial score (nSPS) is 21.5. The molecule has 0 spiro atoms. The molecule has 3 N–H and O–H groups in total. The number of halogens is 1. The molecule has 0 radical (unpaired) electrons. The number of nitrogens with one attached hydrogen (secondary N) is 3. The number of rotatable bonds is 4. The van der Waals surface area contributed by atoms with Crippen LogP contribution in [-0.2, 0) is 9.59 Å². The Balaban J connectivity index is 1.78. The summed E-state index contributed by atoms with van der Waals surface area (Å²) in [6.45, 7) is 4.46. The Morgan fingerprint density at radius 1 is 1.23 bits per heavy atom. The van der Waals surface area contributed by atoms with Gasteiger partial charge in [-0.1, -0.05) is 6.07 Å². The first-order chi connectivity index (χ1) is 14.8. The minimum Gasteiger partial charge on any atom is -0.354 e. The molecule has 2 saturated heterocycles. The molecule has 2 aliphatic heterocycles. The van der Waals surface area contributed by atoms with Crippen molar-refractivity contribution >= 4 is 23.8 Å². The van der Waals surface area contributed by atoms with E-state index in [0.717, 1.165) is 12.5 Å². The van der Waals surface area contributed by atoms with E-state index in [1.54, 1.807) is 0 Å². The number of benzene rings is 1. The van der Waals surface area contributed by atoms with E-state index in [9.17, 15) is 23.6 Å². The second kappa shape index (κ2) is 9.76. The van der Waals surface area contributed by atoms with E-state index in [0.29, 0.717) is 13.0 Å². The van der Waals surface area contributed by atoms with Crippen LogP contribution in [0.1, 0.15) is 37.0 Å². The third-order valence-corrected chi connectivity index (χ3v) is 5.32. The molecule has 0 unspecified atom stereocenters. The first-order valence-electron chi connectivity index (χ1n) is 10.5. The van der Waals surface area contributed by atoms with E-state index >= 15 is 0 Å².